The van der Waals surface area contributed by atoms with E-state index in [1.54, 1.807) is 31.2 Å². The highest BCUT2D eigenvalue weighted by molar-refractivity contribution is 9.10. The summed E-state index contributed by atoms with van der Waals surface area (Å²) in [5, 5.41) is 0. The molecule has 1 aromatic carbocycles. The van der Waals surface area contributed by atoms with Crippen LogP contribution in [0.5, 0.6) is 0 Å². The van der Waals surface area contributed by atoms with Crippen molar-refractivity contribution in [2.24, 2.45) is 0 Å². The molecule has 0 aliphatic carbocycles. The van der Waals surface area contributed by atoms with E-state index in [1.165, 1.54) is 11.8 Å². The number of rotatable bonds is 6. The smallest absolute Gasteiger partial charge is 0.414 e. The Bertz CT molecular complexity index is 763. The van der Waals surface area contributed by atoms with E-state index in [0.29, 0.717) is 5.69 Å². The molecule has 138 valence electrons. The van der Waals surface area contributed by atoms with Gasteiger partial charge in [0.05, 0.1) is 13.2 Å². The van der Waals surface area contributed by atoms with Crippen molar-refractivity contribution in [3.05, 3.63) is 28.7 Å². The second-order valence-electron chi connectivity index (χ2n) is 6.02. The van der Waals surface area contributed by atoms with Gasteiger partial charge < -0.3 is 9.47 Å². The summed E-state index contributed by atoms with van der Waals surface area (Å²) in [6.45, 7) is 3.13. The second kappa shape index (κ2) is 7.33. The van der Waals surface area contributed by atoms with Crippen LogP contribution in [0, 0.1) is 0 Å². The van der Waals surface area contributed by atoms with Crippen LogP contribution in [-0.2, 0) is 24.1 Å². The highest BCUT2D eigenvalue weighted by atomic mass is 79.9. The van der Waals surface area contributed by atoms with Crippen LogP contribution in [0.4, 0.5) is 10.5 Å². The van der Waals surface area contributed by atoms with Crippen LogP contribution < -0.4 is 4.90 Å². The maximum Gasteiger partial charge on any atom is 0.414 e. The third-order valence-corrected chi connectivity index (χ3v) is 6.65. The van der Waals surface area contributed by atoms with Crippen molar-refractivity contribution in [1.29, 1.82) is 0 Å². The normalized spacial score (nSPS) is 20.1. The quantitative estimate of drug-likeness (QED) is 0.640. The van der Waals surface area contributed by atoms with Crippen LogP contribution in [-0.4, -0.2) is 50.7 Å². The molecule has 2 rings (SSSR count). The summed E-state index contributed by atoms with van der Waals surface area (Å²) >= 11 is 3.32. The summed E-state index contributed by atoms with van der Waals surface area (Å²) in [6.07, 6.45) is -0.497. The Morgan fingerprint density at radius 1 is 1.40 bits per heavy atom. The molecule has 0 bridgehead atoms. The minimum atomic E-state index is -3.77. The van der Waals surface area contributed by atoms with Gasteiger partial charge in [0.2, 0.25) is 0 Å². The molecule has 1 fully saturated rings. The minimum Gasteiger partial charge on any atom is -0.465 e. The first-order chi connectivity index (χ1) is 11.6. The van der Waals surface area contributed by atoms with E-state index in [4.69, 9.17) is 9.47 Å². The van der Waals surface area contributed by atoms with Crippen LogP contribution in [0.1, 0.15) is 20.3 Å². The fraction of sp³-hybridized carbons (Fsp3) is 0.500. The average molecular weight is 434 g/mol. The van der Waals surface area contributed by atoms with E-state index < -0.39 is 32.8 Å². The lowest BCUT2D eigenvalue weighted by Crippen LogP contribution is -2.47. The van der Waals surface area contributed by atoms with Crippen molar-refractivity contribution in [2.45, 2.75) is 31.1 Å². The van der Waals surface area contributed by atoms with Gasteiger partial charge in [-0.05, 0) is 38.1 Å². The van der Waals surface area contributed by atoms with Crippen LogP contribution in [0.3, 0.4) is 0 Å². The van der Waals surface area contributed by atoms with Crippen molar-refractivity contribution < 1.29 is 27.5 Å². The van der Waals surface area contributed by atoms with Gasteiger partial charge in [-0.2, -0.15) is 0 Å². The number of benzene rings is 1. The third kappa shape index (κ3) is 4.14. The summed E-state index contributed by atoms with van der Waals surface area (Å²) in [5.74, 6) is -0.837. The predicted octanol–water partition coefficient (Wildman–Crippen LogP) is 2.53. The zero-order valence-corrected chi connectivity index (χ0v) is 16.6. The predicted molar refractivity (Wildman–Crippen MR) is 96.3 cm³/mol. The summed E-state index contributed by atoms with van der Waals surface area (Å²) in [5.41, 5.74) is 0.632. The van der Waals surface area contributed by atoms with Crippen LogP contribution in [0.15, 0.2) is 28.7 Å². The van der Waals surface area contributed by atoms with E-state index in [9.17, 15) is 18.0 Å². The topological polar surface area (TPSA) is 90.0 Å². The SMILES string of the molecule is CCOC(=O)C(C)(C[C@H]1CN(c2ccc(Br)cc2)C(=O)O1)S(C)(=O)=O. The molecule has 0 radical (unpaired) electrons. The molecule has 1 unspecified atom stereocenters. The third-order valence-electron chi connectivity index (χ3n) is 4.16. The van der Waals surface area contributed by atoms with Crippen molar-refractivity contribution in [3.63, 3.8) is 0 Å². The molecule has 1 aliphatic heterocycles. The van der Waals surface area contributed by atoms with Gasteiger partial charge in [-0.15, -0.1) is 0 Å². The van der Waals surface area contributed by atoms with Gasteiger partial charge in [-0.1, -0.05) is 15.9 Å². The first-order valence-corrected chi connectivity index (χ1v) is 10.4. The van der Waals surface area contributed by atoms with Crippen LogP contribution in [0.25, 0.3) is 0 Å². The van der Waals surface area contributed by atoms with Gasteiger partial charge in [0.25, 0.3) is 0 Å². The molecule has 1 heterocycles. The van der Waals surface area contributed by atoms with Crippen molar-refractivity contribution >= 4 is 43.5 Å². The van der Waals surface area contributed by atoms with Gasteiger partial charge in [0.15, 0.2) is 14.6 Å². The number of cyclic esters (lactones) is 1. The summed E-state index contributed by atoms with van der Waals surface area (Å²) in [4.78, 5) is 25.7. The molecule has 0 saturated carbocycles. The van der Waals surface area contributed by atoms with E-state index in [1.807, 2.05) is 0 Å². The number of sulfone groups is 1. The Hall–Kier alpha value is -1.61. The van der Waals surface area contributed by atoms with Crippen molar-refractivity contribution in [3.8, 4) is 0 Å². The molecule has 0 spiro atoms. The van der Waals surface area contributed by atoms with Gasteiger partial charge in [-0.3, -0.25) is 9.69 Å². The summed E-state index contributed by atoms with van der Waals surface area (Å²) in [7, 11) is -3.77. The molecule has 1 saturated heterocycles. The van der Waals surface area contributed by atoms with Crippen molar-refractivity contribution in [2.75, 3.05) is 24.3 Å². The lowest BCUT2D eigenvalue weighted by atomic mass is 10.0. The minimum absolute atomic E-state index is 0.0689. The molecule has 2 atom stereocenters. The molecule has 1 aromatic rings. The summed E-state index contributed by atoms with van der Waals surface area (Å²) in [6, 6.07) is 7.06. The number of hydrogen-bond acceptors (Lipinski definition) is 6. The fourth-order valence-electron chi connectivity index (χ4n) is 2.56. The fourth-order valence-corrected chi connectivity index (χ4v) is 3.68. The van der Waals surface area contributed by atoms with E-state index >= 15 is 0 Å². The van der Waals surface area contributed by atoms with Gasteiger partial charge in [0.1, 0.15) is 6.10 Å². The highest BCUT2D eigenvalue weighted by Gasteiger charge is 2.49. The standard InChI is InChI=1S/C16H20BrNO6S/c1-4-23-14(19)16(2,25(3,21)22)9-13-10-18(15(20)24-13)12-7-5-11(17)6-8-12/h5-8,13H,4,9-10H2,1-3H3/t13-,16?/m0/s1. The molecule has 0 aromatic heterocycles. The monoisotopic (exact) mass is 433 g/mol. The zero-order chi connectivity index (χ0) is 18.8. The largest absolute Gasteiger partial charge is 0.465 e. The van der Waals surface area contributed by atoms with Gasteiger partial charge in [0, 0.05) is 22.8 Å². The van der Waals surface area contributed by atoms with Gasteiger partial charge in [-0.25, -0.2) is 13.2 Å². The maximum absolute atomic E-state index is 12.2. The lowest BCUT2D eigenvalue weighted by Gasteiger charge is -2.27. The van der Waals surface area contributed by atoms with E-state index in [2.05, 4.69) is 15.9 Å². The Balaban J connectivity index is 2.20. The first-order valence-electron chi connectivity index (χ1n) is 7.69. The molecule has 1 aliphatic rings. The average Bonchev–Trinajstić information content (AvgIpc) is 2.87. The summed E-state index contributed by atoms with van der Waals surface area (Å²) < 4.78 is 33.6. The molecule has 7 nitrogen and oxygen atoms in total. The molecular formula is C16H20BrNO6S. The van der Waals surface area contributed by atoms with E-state index in [0.717, 1.165) is 10.7 Å². The number of carbonyl (C=O) groups excluding carboxylic acids is 2. The van der Waals surface area contributed by atoms with Crippen LogP contribution in [0.2, 0.25) is 0 Å². The number of anilines is 1. The van der Waals surface area contributed by atoms with E-state index in [-0.39, 0.29) is 19.6 Å². The van der Waals surface area contributed by atoms with Crippen LogP contribution >= 0.6 is 15.9 Å². The lowest BCUT2D eigenvalue weighted by molar-refractivity contribution is -0.146. The maximum atomic E-state index is 12.2. The Labute approximate surface area is 155 Å². The number of esters is 1. The number of nitrogens with zero attached hydrogens (tertiary/aromatic N) is 1. The molecule has 9 heteroatoms. The number of hydrogen-bond donors (Lipinski definition) is 0. The molecule has 1 amide bonds. The highest BCUT2D eigenvalue weighted by Crippen LogP contribution is 2.31. The molecule has 0 N–H and O–H groups in total. The number of carbonyl (C=O) groups is 2. The second-order valence-corrected chi connectivity index (χ2v) is 9.38. The Kier molecular flexibility index (Phi) is 5.78. The number of ether oxygens (including phenoxy) is 2. The van der Waals surface area contributed by atoms with Gasteiger partial charge >= 0.3 is 12.1 Å². The number of halogens is 1. The Morgan fingerprint density at radius 3 is 2.52 bits per heavy atom. The first kappa shape index (κ1) is 19.7. The zero-order valence-electron chi connectivity index (χ0n) is 14.2. The van der Waals surface area contributed by atoms with Crippen molar-refractivity contribution in [1.82, 2.24) is 0 Å². The Morgan fingerprint density at radius 2 is 2.00 bits per heavy atom. The molecule has 25 heavy (non-hydrogen) atoms. The molecular weight excluding hydrogens is 414 g/mol. The number of amides is 1.